The Morgan fingerprint density at radius 3 is 2.60 bits per heavy atom. The van der Waals surface area contributed by atoms with Gasteiger partial charge in [0.05, 0.1) is 0 Å². The molecule has 1 atom stereocenters. The van der Waals surface area contributed by atoms with Crippen LogP contribution in [0, 0.1) is 11.7 Å². The second-order valence-corrected chi connectivity index (χ2v) is 5.28. The first-order chi connectivity index (χ1) is 9.58. The van der Waals surface area contributed by atoms with Gasteiger partial charge in [0.25, 0.3) is 0 Å². The molecule has 0 aromatic heterocycles. The first-order valence-corrected chi connectivity index (χ1v) is 7.02. The van der Waals surface area contributed by atoms with Gasteiger partial charge in [-0.3, -0.25) is 4.79 Å². The fraction of sp³-hybridized carbons (Fsp3) is 0.533. The quantitative estimate of drug-likeness (QED) is 0.763. The molecule has 1 aliphatic carbocycles. The Morgan fingerprint density at radius 1 is 1.45 bits per heavy atom. The zero-order valence-corrected chi connectivity index (χ0v) is 11.7. The van der Waals surface area contributed by atoms with Gasteiger partial charge in [0.1, 0.15) is 23.7 Å². The van der Waals surface area contributed by atoms with Crippen molar-refractivity contribution in [1.82, 2.24) is 5.32 Å². The highest BCUT2D eigenvalue weighted by Gasteiger charge is 2.50. The maximum absolute atomic E-state index is 12.9. The first-order valence-electron chi connectivity index (χ1n) is 7.02. The van der Waals surface area contributed by atoms with E-state index in [9.17, 15) is 9.18 Å². The summed E-state index contributed by atoms with van der Waals surface area (Å²) in [5.41, 5.74) is 4.79. The average molecular weight is 280 g/mol. The minimum atomic E-state index is -0.815. The Hall–Kier alpha value is -1.62. The average Bonchev–Trinajstić information content (AvgIpc) is 3.26. The molecular weight excluding hydrogens is 259 g/mol. The third-order valence-corrected chi connectivity index (χ3v) is 3.68. The highest BCUT2D eigenvalue weighted by molar-refractivity contribution is 5.85. The molecule has 0 saturated heterocycles. The normalized spacial score (nSPS) is 17.5. The minimum absolute atomic E-state index is 0.179. The van der Waals surface area contributed by atoms with E-state index in [1.54, 1.807) is 12.1 Å². The van der Waals surface area contributed by atoms with Crippen LogP contribution in [0.25, 0.3) is 0 Å². The minimum Gasteiger partial charge on any atom is -0.491 e. The van der Waals surface area contributed by atoms with Crippen LogP contribution < -0.4 is 15.8 Å². The first kappa shape index (κ1) is 14.8. The van der Waals surface area contributed by atoms with Gasteiger partial charge in [-0.2, -0.15) is 0 Å². The third kappa shape index (κ3) is 3.28. The Bertz CT molecular complexity index is 459. The SMILES string of the molecule is CCCNC(COc1ccc(F)cc1)(C(N)=O)C1CC1. The number of rotatable bonds is 8. The van der Waals surface area contributed by atoms with E-state index in [0.717, 1.165) is 19.3 Å². The van der Waals surface area contributed by atoms with E-state index >= 15 is 0 Å². The summed E-state index contributed by atoms with van der Waals surface area (Å²) in [7, 11) is 0. The topological polar surface area (TPSA) is 64.3 Å². The van der Waals surface area contributed by atoms with E-state index in [2.05, 4.69) is 5.32 Å². The number of nitrogens with one attached hydrogen (secondary N) is 1. The van der Waals surface area contributed by atoms with E-state index in [1.807, 2.05) is 6.92 Å². The lowest BCUT2D eigenvalue weighted by molar-refractivity contribution is -0.126. The monoisotopic (exact) mass is 280 g/mol. The Labute approximate surface area is 118 Å². The number of carbonyl (C=O) groups excluding carboxylic acids is 1. The van der Waals surface area contributed by atoms with Gasteiger partial charge in [0.2, 0.25) is 5.91 Å². The van der Waals surface area contributed by atoms with Crippen molar-refractivity contribution in [2.75, 3.05) is 13.2 Å². The lowest BCUT2D eigenvalue weighted by atomic mass is 9.93. The number of primary amides is 1. The van der Waals surface area contributed by atoms with Gasteiger partial charge in [-0.25, -0.2) is 4.39 Å². The fourth-order valence-electron chi connectivity index (χ4n) is 2.32. The van der Waals surface area contributed by atoms with Crippen molar-refractivity contribution in [2.24, 2.45) is 11.7 Å². The van der Waals surface area contributed by atoms with Gasteiger partial charge >= 0.3 is 0 Å². The highest BCUT2D eigenvalue weighted by atomic mass is 19.1. The predicted molar refractivity (Wildman–Crippen MR) is 74.8 cm³/mol. The summed E-state index contributed by atoms with van der Waals surface area (Å²) >= 11 is 0. The van der Waals surface area contributed by atoms with Crippen molar-refractivity contribution in [1.29, 1.82) is 0 Å². The molecule has 0 bridgehead atoms. The van der Waals surface area contributed by atoms with Crippen molar-refractivity contribution in [3.63, 3.8) is 0 Å². The molecule has 1 aliphatic rings. The van der Waals surface area contributed by atoms with Crippen molar-refractivity contribution in [3.8, 4) is 5.75 Å². The second-order valence-electron chi connectivity index (χ2n) is 5.28. The fourth-order valence-corrected chi connectivity index (χ4v) is 2.32. The molecule has 1 aromatic rings. The third-order valence-electron chi connectivity index (χ3n) is 3.68. The van der Waals surface area contributed by atoms with Gasteiger partial charge in [-0.05, 0) is 56.0 Å². The molecule has 0 aliphatic heterocycles. The maximum Gasteiger partial charge on any atom is 0.241 e. The summed E-state index contributed by atoms with van der Waals surface area (Å²) < 4.78 is 18.5. The Balaban J connectivity index is 2.06. The molecule has 1 amide bonds. The van der Waals surface area contributed by atoms with Gasteiger partial charge in [-0.1, -0.05) is 6.92 Å². The summed E-state index contributed by atoms with van der Waals surface area (Å²) in [5, 5.41) is 3.25. The molecule has 0 radical (unpaired) electrons. The van der Waals surface area contributed by atoms with Crippen molar-refractivity contribution in [2.45, 2.75) is 31.7 Å². The van der Waals surface area contributed by atoms with E-state index in [0.29, 0.717) is 12.3 Å². The van der Waals surface area contributed by atoms with Crippen LogP contribution in [0.4, 0.5) is 4.39 Å². The molecule has 3 N–H and O–H groups in total. The van der Waals surface area contributed by atoms with Gasteiger partial charge in [0.15, 0.2) is 0 Å². The van der Waals surface area contributed by atoms with Crippen LogP contribution in [-0.4, -0.2) is 24.6 Å². The Morgan fingerprint density at radius 2 is 2.10 bits per heavy atom. The van der Waals surface area contributed by atoms with Crippen LogP contribution in [0.3, 0.4) is 0 Å². The number of ether oxygens (including phenoxy) is 1. The molecule has 1 aromatic carbocycles. The summed E-state index contributed by atoms with van der Waals surface area (Å²) in [6.45, 7) is 2.93. The predicted octanol–water partition coefficient (Wildman–Crippen LogP) is 1.84. The number of benzene rings is 1. The lowest BCUT2D eigenvalue weighted by Crippen LogP contribution is -2.61. The maximum atomic E-state index is 12.9. The van der Waals surface area contributed by atoms with E-state index in [4.69, 9.17) is 10.5 Å². The number of hydrogen-bond donors (Lipinski definition) is 2. The molecule has 4 nitrogen and oxygen atoms in total. The van der Waals surface area contributed by atoms with Crippen molar-refractivity contribution in [3.05, 3.63) is 30.1 Å². The van der Waals surface area contributed by atoms with Gasteiger partial charge < -0.3 is 15.8 Å². The van der Waals surface area contributed by atoms with Crippen LogP contribution in [0.1, 0.15) is 26.2 Å². The smallest absolute Gasteiger partial charge is 0.241 e. The standard InChI is InChI=1S/C15H21FN2O2/c1-2-9-18-15(14(17)19,11-3-4-11)10-20-13-7-5-12(16)6-8-13/h5-8,11,18H,2-4,9-10H2,1H3,(H2,17,19). The van der Waals surface area contributed by atoms with E-state index < -0.39 is 5.54 Å². The molecule has 0 heterocycles. The molecule has 1 saturated carbocycles. The molecule has 0 spiro atoms. The van der Waals surface area contributed by atoms with Crippen molar-refractivity contribution < 1.29 is 13.9 Å². The van der Waals surface area contributed by atoms with Crippen molar-refractivity contribution >= 4 is 5.91 Å². The molecule has 20 heavy (non-hydrogen) atoms. The largest absolute Gasteiger partial charge is 0.491 e. The second kappa shape index (κ2) is 6.22. The molecule has 5 heteroatoms. The van der Waals surface area contributed by atoms with Gasteiger partial charge in [0, 0.05) is 0 Å². The summed E-state index contributed by atoms with van der Waals surface area (Å²) in [5.74, 6) is 0.0725. The van der Waals surface area contributed by atoms with E-state index in [1.165, 1.54) is 12.1 Å². The van der Waals surface area contributed by atoms with Crippen LogP contribution >= 0.6 is 0 Å². The van der Waals surface area contributed by atoms with Gasteiger partial charge in [-0.15, -0.1) is 0 Å². The van der Waals surface area contributed by atoms with Crippen LogP contribution in [0.2, 0.25) is 0 Å². The van der Waals surface area contributed by atoms with Crippen LogP contribution in [0.15, 0.2) is 24.3 Å². The Kier molecular flexibility index (Phi) is 4.60. The van der Waals surface area contributed by atoms with Crippen LogP contribution in [0.5, 0.6) is 5.75 Å². The molecule has 2 rings (SSSR count). The zero-order valence-electron chi connectivity index (χ0n) is 11.7. The summed E-state index contributed by atoms with van der Waals surface area (Å²) in [6, 6.07) is 5.76. The summed E-state index contributed by atoms with van der Waals surface area (Å²) in [6.07, 6.45) is 2.87. The molecule has 110 valence electrons. The van der Waals surface area contributed by atoms with Crippen LogP contribution in [-0.2, 0) is 4.79 Å². The summed E-state index contributed by atoms with van der Waals surface area (Å²) in [4.78, 5) is 11.9. The number of halogens is 1. The zero-order chi connectivity index (χ0) is 14.6. The van der Waals surface area contributed by atoms with E-state index in [-0.39, 0.29) is 24.2 Å². The number of carbonyl (C=O) groups is 1. The number of amides is 1. The lowest BCUT2D eigenvalue weighted by Gasteiger charge is -2.31. The number of hydrogen-bond acceptors (Lipinski definition) is 3. The number of nitrogens with two attached hydrogens (primary N) is 1. The molecular formula is C15H21FN2O2. The highest BCUT2D eigenvalue weighted by Crippen LogP contribution is 2.40. The molecule has 1 unspecified atom stereocenters. The molecule has 1 fully saturated rings.